The second-order valence-electron chi connectivity index (χ2n) is 3.75. The first-order chi connectivity index (χ1) is 6.02. The van der Waals surface area contributed by atoms with Crippen LogP contribution in [0.1, 0.15) is 0 Å². The summed E-state index contributed by atoms with van der Waals surface area (Å²) in [5, 5.41) is 1.54. The minimum absolute atomic E-state index is 0.250. The van der Waals surface area contributed by atoms with E-state index in [1.807, 2.05) is 0 Å². The van der Waals surface area contributed by atoms with Crippen molar-refractivity contribution in [2.45, 2.75) is 19.6 Å². The van der Waals surface area contributed by atoms with Crippen molar-refractivity contribution in [1.29, 1.82) is 0 Å². The molecule has 3 heteroatoms. The molecule has 1 aromatic rings. The second kappa shape index (κ2) is 5.53. The van der Waals surface area contributed by atoms with Crippen LogP contribution < -0.4 is 10.9 Å². The number of primary amides is 1. The minimum atomic E-state index is -1.03. The van der Waals surface area contributed by atoms with Crippen molar-refractivity contribution in [3.05, 3.63) is 30.3 Å². The van der Waals surface area contributed by atoms with Gasteiger partial charge in [-0.2, -0.15) is 0 Å². The number of amides is 1. The molecule has 2 nitrogen and oxygen atoms in total. The zero-order valence-corrected chi connectivity index (χ0v) is 9.45. The Hall–Kier alpha value is -1.09. The van der Waals surface area contributed by atoms with Crippen molar-refractivity contribution in [3.8, 4) is 0 Å². The van der Waals surface area contributed by atoms with Crippen LogP contribution in [0.2, 0.25) is 19.6 Å². The van der Waals surface area contributed by atoms with E-state index in [1.54, 1.807) is 0 Å². The number of rotatable bonds is 1. The molecule has 1 rings (SSSR count). The van der Waals surface area contributed by atoms with E-state index >= 15 is 0 Å². The number of hydrogen-bond acceptors (Lipinski definition) is 1. The lowest BCUT2D eigenvalue weighted by Gasteiger charge is -2.15. The summed E-state index contributed by atoms with van der Waals surface area (Å²) in [6.45, 7) is 7.09. The Labute approximate surface area is 80.8 Å². The van der Waals surface area contributed by atoms with E-state index in [1.165, 1.54) is 5.19 Å². The molecule has 0 aliphatic carbocycles. The van der Waals surface area contributed by atoms with Gasteiger partial charge in [-0.25, -0.2) is 0 Å². The van der Waals surface area contributed by atoms with Crippen LogP contribution in [-0.2, 0) is 4.79 Å². The molecular weight excluding hydrogens is 178 g/mol. The summed E-state index contributed by atoms with van der Waals surface area (Å²) in [7, 11) is -1.03. The molecule has 0 fully saturated rings. The largest absolute Gasteiger partial charge is 0.372 e. The van der Waals surface area contributed by atoms with Gasteiger partial charge in [0, 0.05) is 0 Å². The lowest BCUT2D eigenvalue weighted by atomic mass is 10.4. The summed E-state index contributed by atoms with van der Waals surface area (Å²) in [4.78, 5) is 8.58. The van der Waals surface area contributed by atoms with Crippen molar-refractivity contribution in [1.82, 2.24) is 0 Å². The molecule has 0 saturated carbocycles. The summed E-state index contributed by atoms with van der Waals surface area (Å²) >= 11 is 0. The van der Waals surface area contributed by atoms with Gasteiger partial charge in [0.05, 0.1) is 8.07 Å². The molecule has 0 saturated heterocycles. The van der Waals surface area contributed by atoms with E-state index in [4.69, 9.17) is 4.79 Å². The van der Waals surface area contributed by atoms with E-state index < -0.39 is 8.07 Å². The SMILES string of the molecule is C[Si](C)(C)c1ccccc1.NC=O. The van der Waals surface area contributed by atoms with Gasteiger partial charge >= 0.3 is 0 Å². The molecule has 0 heterocycles. The first-order valence-corrected chi connectivity index (χ1v) is 7.73. The molecule has 72 valence electrons. The average molecular weight is 195 g/mol. The van der Waals surface area contributed by atoms with Crippen LogP contribution in [0.25, 0.3) is 0 Å². The van der Waals surface area contributed by atoms with Gasteiger partial charge in [0.25, 0.3) is 0 Å². The predicted octanol–water partition coefficient (Wildman–Crippen LogP) is 1.33. The third-order valence-corrected chi connectivity index (χ3v) is 3.71. The molecule has 0 atom stereocenters. The highest BCUT2D eigenvalue weighted by Crippen LogP contribution is 2.00. The van der Waals surface area contributed by atoms with E-state index in [2.05, 4.69) is 55.7 Å². The number of nitrogens with two attached hydrogens (primary N) is 1. The fraction of sp³-hybridized carbons (Fsp3) is 0.300. The van der Waals surface area contributed by atoms with Gasteiger partial charge in [-0.3, -0.25) is 4.79 Å². The number of carbonyl (C=O) groups is 1. The van der Waals surface area contributed by atoms with E-state index in [-0.39, 0.29) is 6.41 Å². The lowest BCUT2D eigenvalue weighted by Crippen LogP contribution is -2.37. The highest BCUT2D eigenvalue weighted by molar-refractivity contribution is 6.88. The Morgan fingerprint density at radius 1 is 1.15 bits per heavy atom. The number of carbonyl (C=O) groups excluding carboxylic acids is 1. The third-order valence-electron chi connectivity index (χ3n) is 1.64. The fourth-order valence-corrected chi connectivity index (χ4v) is 2.13. The lowest BCUT2D eigenvalue weighted by molar-refractivity contribution is -0.106. The standard InChI is InChI=1S/C9H14Si.CH3NO/c1-10(2,3)9-7-5-4-6-8-9;2-1-3/h4-8H,1-3H3;1H,(H2,2,3). The van der Waals surface area contributed by atoms with Gasteiger partial charge in [-0.1, -0.05) is 55.2 Å². The molecule has 0 aliphatic heterocycles. The molecular formula is C10H17NOSi. The average Bonchev–Trinajstić information content (AvgIpc) is 2.06. The summed E-state index contributed by atoms with van der Waals surface area (Å²) in [6.07, 6.45) is 0.250. The van der Waals surface area contributed by atoms with E-state index in [9.17, 15) is 0 Å². The highest BCUT2D eigenvalue weighted by Gasteiger charge is 2.14. The van der Waals surface area contributed by atoms with Crippen LogP contribution in [0.5, 0.6) is 0 Å². The van der Waals surface area contributed by atoms with Crippen molar-refractivity contribution < 1.29 is 4.79 Å². The maximum Gasteiger partial charge on any atom is 0.204 e. The first-order valence-electron chi connectivity index (χ1n) is 4.23. The van der Waals surface area contributed by atoms with Gasteiger partial charge in [0.15, 0.2) is 0 Å². The Morgan fingerprint density at radius 2 is 1.54 bits per heavy atom. The van der Waals surface area contributed by atoms with E-state index in [0.29, 0.717) is 0 Å². The van der Waals surface area contributed by atoms with Gasteiger partial charge in [-0.15, -0.1) is 0 Å². The Kier molecular flexibility index (Phi) is 5.07. The first kappa shape index (κ1) is 11.9. The summed E-state index contributed by atoms with van der Waals surface area (Å²) in [6, 6.07) is 10.8. The molecule has 2 N–H and O–H groups in total. The van der Waals surface area contributed by atoms with Crippen LogP contribution >= 0.6 is 0 Å². The topological polar surface area (TPSA) is 43.1 Å². The molecule has 0 radical (unpaired) electrons. The minimum Gasteiger partial charge on any atom is -0.372 e. The van der Waals surface area contributed by atoms with Gasteiger partial charge in [0.1, 0.15) is 0 Å². The Balaban J connectivity index is 0.000000424. The van der Waals surface area contributed by atoms with Gasteiger partial charge in [-0.05, 0) is 0 Å². The maximum absolute atomic E-state index is 8.58. The van der Waals surface area contributed by atoms with Gasteiger partial charge in [0.2, 0.25) is 6.41 Å². The molecule has 0 spiro atoms. The fourth-order valence-electron chi connectivity index (χ4n) is 0.938. The van der Waals surface area contributed by atoms with E-state index in [0.717, 1.165) is 0 Å². The smallest absolute Gasteiger partial charge is 0.204 e. The zero-order chi connectivity index (χ0) is 10.3. The number of benzene rings is 1. The molecule has 0 aromatic heterocycles. The Morgan fingerprint density at radius 3 is 1.77 bits per heavy atom. The molecule has 0 bridgehead atoms. The quantitative estimate of drug-likeness (QED) is 0.533. The molecule has 13 heavy (non-hydrogen) atoms. The monoisotopic (exact) mass is 195 g/mol. The summed E-state index contributed by atoms with van der Waals surface area (Å²) in [5.74, 6) is 0. The normalized spacial score (nSPS) is 9.77. The van der Waals surface area contributed by atoms with Crippen LogP contribution in [0.3, 0.4) is 0 Å². The van der Waals surface area contributed by atoms with Crippen molar-refractivity contribution >= 4 is 19.7 Å². The van der Waals surface area contributed by atoms with Crippen LogP contribution in [-0.4, -0.2) is 14.5 Å². The molecule has 1 aromatic carbocycles. The third kappa shape index (κ3) is 5.19. The van der Waals surface area contributed by atoms with Crippen molar-refractivity contribution in [2.75, 3.05) is 0 Å². The Bertz CT molecular complexity index is 241. The van der Waals surface area contributed by atoms with Crippen molar-refractivity contribution in [2.24, 2.45) is 5.73 Å². The van der Waals surface area contributed by atoms with Crippen LogP contribution in [0.4, 0.5) is 0 Å². The molecule has 0 aliphatic rings. The van der Waals surface area contributed by atoms with Crippen LogP contribution in [0.15, 0.2) is 30.3 Å². The molecule has 1 amide bonds. The summed E-state index contributed by atoms with van der Waals surface area (Å²) < 4.78 is 0. The van der Waals surface area contributed by atoms with Gasteiger partial charge < -0.3 is 5.73 Å². The van der Waals surface area contributed by atoms with Crippen LogP contribution in [0, 0.1) is 0 Å². The molecule has 0 unspecified atom stereocenters. The van der Waals surface area contributed by atoms with Crippen molar-refractivity contribution in [3.63, 3.8) is 0 Å². The predicted molar refractivity (Wildman–Crippen MR) is 59.7 cm³/mol. The zero-order valence-electron chi connectivity index (χ0n) is 8.45. The number of hydrogen-bond donors (Lipinski definition) is 1. The second-order valence-corrected chi connectivity index (χ2v) is 8.83. The maximum atomic E-state index is 8.58. The summed E-state index contributed by atoms with van der Waals surface area (Å²) in [5.41, 5.74) is 4.17. The highest BCUT2D eigenvalue weighted by atomic mass is 28.3.